The van der Waals surface area contributed by atoms with Crippen molar-refractivity contribution in [3.63, 3.8) is 0 Å². The first-order valence-electron chi connectivity index (χ1n) is 8.63. The minimum Gasteiger partial charge on any atom is -0.417 e. The van der Waals surface area contributed by atoms with Crippen molar-refractivity contribution in [2.45, 2.75) is 92.3 Å². The van der Waals surface area contributed by atoms with Crippen LogP contribution in [0.1, 0.15) is 74.1 Å². The lowest BCUT2D eigenvalue weighted by molar-refractivity contribution is 0.209. The van der Waals surface area contributed by atoms with Gasteiger partial charge in [-0.15, -0.1) is 0 Å². The molecular formula is C18H40OSi. The Morgan fingerprint density at radius 1 is 0.900 bits per heavy atom. The summed E-state index contributed by atoms with van der Waals surface area (Å²) in [4.78, 5) is 0. The average Bonchev–Trinajstić information content (AvgIpc) is 2.24. The Morgan fingerprint density at radius 3 is 1.85 bits per heavy atom. The molecule has 0 heterocycles. The fourth-order valence-electron chi connectivity index (χ4n) is 2.72. The molecule has 0 fully saturated rings. The summed E-state index contributed by atoms with van der Waals surface area (Å²) in [7, 11) is -1.56. The summed E-state index contributed by atoms with van der Waals surface area (Å²) in [5.74, 6) is 2.39. The zero-order valence-corrected chi connectivity index (χ0v) is 16.7. The zero-order chi connectivity index (χ0) is 16.0. The molecule has 122 valence electrons. The highest BCUT2D eigenvalue weighted by atomic mass is 28.4. The van der Waals surface area contributed by atoms with Crippen LogP contribution in [0, 0.1) is 17.8 Å². The minimum atomic E-state index is -1.56. The Bertz CT molecular complexity index is 255. The molecule has 0 N–H and O–H groups in total. The lowest BCUT2D eigenvalue weighted by Crippen LogP contribution is -2.41. The molecule has 0 aliphatic rings. The summed E-state index contributed by atoms with van der Waals surface area (Å²) in [6, 6.07) is 0. The Hall–Kier alpha value is 0.177. The van der Waals surface area contributed by atoms with E-state index in [1.54, 1.807) is 0 Å². The third kappa shape index (κ3) is 7.83. The van der Waals surface area contributed by atoms with E-state index in [0.717, 1.165) is 18.4 Å². The van der Waals surface area contributed by atoms with E-state index < -0.39 is 8.32 Å². The molecule has 0 bridgehead atoms. The van der Waals surface area contributed by atoms with Crippen molar-refractivity contribution < 1.29 is 4.43 Å². The predicted molar refractivity (Wildman–Crippen MR) is 94.8 cm³/mol. The SMILES string of the molecule is CCC[C@@H](C)C[C@@H](C)C[C@@H](C)CO[Si](C)(C)C(C)(C)C. The summed E-state index contributed by atoms with van der Waals surface area (Å²) in [5.41, 5.74) is 0. The van der Waals surface area contributed by atoms with E-state index >= 15 is 0 Å². The fourth-order valence-corrected chi connectivity index (χ4v) is 3.85. The van der Waals surface area contributed by atoms with Crippen molar-refractivity contribution in [1.29, 1.82) is 0 Å². The summed E-state index contributed by atoms with van der Waals surface area (Å²) < 4.78 is 6.35. The van der Waals surface area contributed by atoms with E-state index in [4.69, 9.17) is 4.43 Å². The number of hydrogen-bond acceptors (Lipinski definition) is 1. The van der Waals surface area contributed by atoms with E-state index in [2.05, 4.69) is 61.6 Å². The van der Waals surface area contributed by atoms with Crippen molar-refractivity contribution in [3.05, 3.63) is 0 Å². The van der Waals surface area contributed by atoms with E-state index in [9.17, 15) is 0 Å². The second-order valence-corrected chi connectivity index (χ2v) is 13.5. The van der Waals surface area contributed by atoms with Gasteiger partial charge in [0.05, 0.1) is 0 Å². The zero-order valence-electron chi connectivity index (χ0n) is 15.7. The first kappa shape index (κ1) is 20.2. The van der Waals surface area contributed by atoms with E-state index in [0.29, 0.717) is 11.0 Å². The van der Waals surface area contributed by atoms with Crippen LogP contribution in [0.4, 0.5) is 0 Å². The van der Waals surface area contributed by atoms with Crippen LogP contribution in [-0.4, -0.2) is 14.9 Å². The summed E-state index contributed by atoms with van der Waals surface area (Å²) in [6.07, 6.45) is 5.37. The van der Waals surface area contributed by atoms with E-state index in [1.165, 1.54) is 25.7 Å². The van der Waals surface area contributed by atoms with Crippen molar-refractivity contribution in [1.82, 2.24) is 0 Å². The molecule has 0 aromatic heterocycles. The topological polar surface area (TPSA) is 9.23 Å². The van der Waals surface area contributed by atoms with Crippen LogP contribution >= 0.6 is 0 Å². The molecule has 0 aromatic carbocycles. The Morgan fingerprint density at radius 2 is 1.40 bits per heavy atom. The molecule has 0 saturated heterocycles. The van der Waals surface area contributed by atoms with Gasteiger partial charge in [-0.05, 0) is 48.7 Å². The Kier molecular flexibility index (Phi) is 8.65. The molecule has 2 heteroatoms. The van der Waals surface area contributed by atoms with Gasteiger partial charge in [0, 0.05) is 6.61 Å². The maximum absolute atomic E-state index is 6.35. The molecule has 0 rings (SSSR count). The largest absolute Gasteiger partial charge is 0.417 e. The van der Waals surface area contributed by atoms with Crippen LogP contribution in [0.5, 0.6) is 0 Å². The molecule has 0 aliphatic heterocycles. The maximum Gasteiger partial charge on any atom is 0.191 e. The number of rotatable bonds is 9. The third-order valence-electron chi connectivity index (χ3n) is 4.93. The van der Waals surface area contributed by atoms with Gasteiger partial charge in [-0.2, -0.15) is 0 Å². The van der Waals surface area contributed by atoms with Gasteiger partial charge in [0.15, 0.2) is 8.32 Å². The minimum absolute atomic E-state index is 0.327. The van der Waals surface area contributed by atoms with Crippen molar-refractivity contribution >= 4 is 8.32 Å². The quantitative estimate of drug-likeness (QED) is 0.442. The average molecular weight is 301 g/mol. The first-order valence-corrected chi connectivity index (χ1v) is 11.5. The smallest absolute Gasteiger partial charge is 0.191 e. The van der Waals surface area contributed by atoms with Gasteiger partial charge < -0.3 is 4.43 Å². The summed E-state index contributed by atoms with van der Waals surface area (Å²) >= 11 is 0. The summed E-state index contributed by atoms with van der Waals surface area (Å²) in [6.45, 7) is 22.1. The van der Waals surface area contributed by atoms with Gasteiger partial charge >= 0.3 is 0 Å². The Labute approximate surface area is 130 Å². The van der Waals surface area contributed by atoms with Gasteiger partial charge in [0.1, 0.15) is 0 Å². The van der Waals surface area contributed by atoms with Crippen LogP contribution in [0.2, 0.25) is 18.1 Å². The molecule has 0 aromatic rings. The highest BCUT2D eigenvalue weighted by molar-refractivity contribution is 6.74. The van der Waals surface area contributed by atoms with E-state index in [1.807, 2.05) is 0 Å². The molecule has 0 unspecified atom stereocenters. The molecule has 0 saturated carbocycles. The molecule has 1 nitrogen and oxygen atoms in total. The second kappa shape index (κ2) is 8.58. The number of hydrogen-bond donors (Lipinski definition) is 0. The van der Waals surface area contributed by atoms with Crippen LogP contribution in [0.25, 0.3) is 0 Å². The lowest BCUT2D eigenvalue weighted by Gasteiger charge is -2.37. The third-order valence-corrected chi connectivity index (χ3v) is 9.43. The van der Waals surface area contributed by atoms with Crippen LogP contribution in [0.15, 0.2) is 0 Å². The fraction of sp³-hybridized carbons (Fsp3) is 1.00. The molecule has 0 radical (unpaired) electrons. The molecule has 0 aliphatic carbocycles. The van der Waals surface area contributed by atoms with Gasteiger partial charge in [0.2, 0.25) is 0 Å². The monoisotopic (exact) mass is 300 g/mol. The maximum atomic E-state index is 6.35. The normalized spacial score (nSPS) is 17.9. The van der Waals surface area contributed by atoms with Crippen LogP contribution in [0.3, 0.4) is 0 Å². The molecule has 0 amide bonds. The first-order chi connectivity index (χ1) is 8.99. The molecule has 0 spiro atoms. The van der Waals surface area contributed by atoms with Crippen LogP contribution in [-0.2, 0) is 4.43 Å². The molecule has 3 atom stereocenters. The highest BCUT2D eigenvalue weighted by Crippen LogP contribution is 2.37. The highest BCUT2D eigenvalue weighted by Gasteiger charge is 2.37. The van der Waals surface area contributed by atoms with Gasteiger partial charge in [0.25, 0.3) is 0 Å². The lowest BCUT2D eigenvalue weighted by atomic mass is 9.88. The van der Waals surface area contributed by atoms with Crippen LogP contribution < -0.4 is 0 Å². The van der Waals surface area contributed by atoms with Crippen molar-refractivity contribution in [2.75, 3.05) is 6.61 Å². The standard InChI is InChI=1S/C18H40OSi/c1-10-11-15(2)12-16(3)13-17(4)14-19-20(8,9)18(5,6)7/h15-17H,10-14H2,1-9H3/t15-,16-,17-/m1/s1. The van der Waals surface area contributed by atoms with Crippen molar-refractivity contribution in [2.24, 2.45) is 17.8 Å². The van der Waals surface area contributed by atoms with Gasteiger partial charge in [-0.1, -0.05) is 61.3 Å². The van der Waals surface area contributed by atoms with Gasteiger partial charge in [-0.25, -0.2) is 0 Å². The second-order valence-electron chi connectivity index (χ2n) is 8.65. The summed E-state index contributed by atoms with van der Waals surface area (Å²) in [5, 5.41) is 0.327. The van der Waals surface area contributed by atoms with E-state index in [-0.39, 0.29) is 0 Å². The molecule has 20 heavy (non-hydrogen) atoms. The van der Waals surface area contributed by atoms with Crippen molar-refractivity contribution in [3.8, 4) is 0 Å². The Balaban J connectivity index is 4.08. The predicted octanol–water partition coefficient (Wildman–Crippen LogP) is 6.50. The van der Waals surface area contributed by atoms with Gasteiger partial charge in [-0.3, -0.25) is 0 Å². The molecular weight excluding hydrogens is 260 g/mol.